The van der Waals surface area contributed by atoms with E-state index in [-0.39, 0.29) is 11.9 Å². The average molecular weight is 306 g/mol. The van der Waals surface area contributed by atoms with E-state index in [0.717, 1.165) is 0 Å². The molecule has 0 saturated carbocycles. The van der Waals surface area contributed by atoms with Gasteiger partial charge in [0.1, 0.15) is 5.38 Å². The van der Waals surface area contributed by atoms with Gasteiger partial charge in [-0.25, -0.2) is 0 Å². The molecule has 5 N–H and O–H groups in total. The van der Waals surface area contributed by atoms with Crippen LogP contribution in [0.5, 0.6) is 0 Å². The summed E-state index contributed by atoms with van der Waals surface area (Å²) in [5.41, 5.74) is 9.76. The first kappa shape index (κ1) is 23.3. The summed E-state index contributed by atoms with van der Waals surface area (Å²) >= 11 is 5.14. The number of nitrogens with two attached hydrogens (primary N) is 2. The Bertz CT molecular complexity index is 341. The van der Waals surface area contributed by atoms with Crippen molar-refractivity contribution >= 4 is 29.3 Å². The number of amides is 3. The van der Waals surface area contributed by atoms with E-state index in [1.807, 2.05) is 13.8 Å². The first-order chi connectivity index (χ1) is 8.95. The number of hydrogen-bond acceptors (Lipinski definition) is 3. The molecule has 0 saturated heterocycles. The van der Waals surface area contributed by atoms with Crippen LogP contribution in [0.2, 0.25) is 0 Å². The van der Waals surface area contributed by atoms with Gasteiger partial charge in [0.25, 0.3) is 0 Å². The van der Waals surface area contributed by atoms with Gasteiger partial charge in [-0.05, 0) is 33.8 Å². The summed E-state index contributed by atoms with van der Waals surface area (Å²) in [6.07, 6.45) is 1.26. The lowest BCUT2D eigenvalue weighted by atomic mass is 10.3. The van der Waals surface area contributed by atoms with Crippen LogP contribution in [0.4, 0.5) is 0 Å². The van der Waals surface area contributed by atoms with E-state index in [1.165, 1.54) is 13.0 Å². The van der Waals surface area contributed by atoms with Gasteiger partial charge in [0.15, 0.2) is 0 Å². The Hall–Kier alpha value is -1.82. The lowest BCUT2D eigenvalue weighted by Crippen LogP contribution is -2.27. The van der Waals surface area contributed by atoms with Crippen LogP contribution in [-0.4, -0.2) is 29.1 Å². The molecule has 20 heavy (non-hydrogen) atoms. The molecule has 7 heteroatoms. The van der Waals surface area contributed by atoms with Crippen LogP contribution in [0, 0.1) is 0 Å². The van der Waals surface area contributed by atoms with Gasteiger partial charge in [0.05, 0.1) is 0 Å². The van der Waals surface area contributed by atoms with E-state index < -0.39 is 17.2 Å². The molecule has 0 aliphatic rings. The smallest absolute Gasteiger partial charge is 0.243 e. The largest absolute Gasteiger partial charge is 0.368 e. The third kappa shape index (κ3) is 25.1. The summed E-state index contributed by atoms with van der Waals surface area (Å²) in [6, 6.07) is 0.209. The Morgan fingerprint density at radius 3 is 1.55 bits per heavy atom. The highest BCUT2D eigenvalue weighted by molar-refractivity contribution is 6.30. The molecule has 0 rings (SSSR count). The molecule has 0 aromatic rings. The molecule has 0 fully saturated rings. The number of carbonyl (C=O) groups is 3. The molecule has 0 radical (unpaired) electrons. The number of halogens is 1. The van der Waals surface area contributed by atoms with Crippen molar-refractivity contribution in [3.05, 3.63) is 24.8 Å². The molecule has 0 aromatic carbocycles. The van der Waals surface area contributed by atoms with Gasteiger partial charge in [-0.3, -0.25) is 14.4 Å². The van der Waals surface area contributed by atoms with E-state index in [1.54, 1.807) is 6.92 Å². The van der Waals surface area contributed by atoms with Gasteiger partial charge in [-0.2, -0.15) is 0 Å². The maximum absolute atomic E-state index is 10.4. The maximum Gasteiger partial charge on any atom is 0.243 e. The van der Waals surface area contributed by atoms with E-state index >= 15 is 0 Å². The van der Waals surface area contributed by atoms with Gasteiger partial charge in [0.2, 0.25) is 17.7 Å². The number of alkyl halides is 1. The molecule has 1 unspecified atom stereocenters. The normalized spacial score (nSPS) is 9.90. The van der Waals surface area contributed by atoms with Crippen LogP contribution >= 0.6 is 11.6 Å². The standard InChI is InChI=1S/C6H11NO.C4H7NO.C3H6ClNO/c1-4-6(8)7-5(2)3;1-3(2)4(5)6;1-2(4)3(5)6/h4-5H,1H2,2-3H3,(H,7,8);1H2,2H3,(H2,5,6);2H,1H3,(H2,5,6). The fraction of sp³-hybridized carbons (Fsp3) is 0.462. The molecule has 0 spiro atoms. The third-order valence-electron chi connectivity index (χ3n) is 1.43. The van der Waals surface area contributed by atoms with Gasteiger partial charge in [-0.15, -0.1) is 11.6 Å². The van der Waals surface area contributed by atoms with Crippen molar-refractivity contribution < 1.29 is 14.4 Å². The van der Waals surface area contributed by atoms with Crippen LogP contribution in [0.15, 0.2) is 24.8 Å². The first-order valence-corrected chi connectivity index (χ1v) is 6.20. The Balaban J connectivity index is -0.000000221. The summed E-state index contributed by atoms with van der Waals surface area (Å²) in [5, 5.41) is 2.10. The number of primary amides is 2. The summed E-state index contributed by atoms with van der Waals surface area (Å²) < 4.78 is 0. The van der Waals surface area contributed by atoms with Crippen LogP contribution in [0.25, 0.3) is 0 Å². The van der Waals surface area contributed by atoms with E-state index in [9.17, 15) is 14.4 Å². The zero-order chi connectivity index (χ0) is 16.9. The van der Waals surface area contributed by atoms with Crippen LogP contribution in [-0.2, 0) is 14.4 Å². The van der Waals surface area contributed by atoms with Crippen LogP contribution in [0.1, 0.15) is 27.7 Å². The van der Waals surface area contributed by atoms with Crippen LogP contribution < -0.4 is 16.8 Å². The molecule has 0 aliphatic carbocycles. The second-order valence-electron chi connectivity index (χ2n) is 4.03. The van der Waals surface area contributed by atoms with Crippen molar-refractivity contribution in [1.29, 1.82) is 0 Å². The van der Waals surface area contributed by atoms with E-state index in [0.29, 0.717) is 5.57 Å². The molecule has 0 heterocycles. The monoisotopic (exact) mass is 305 g/mol. The van der Waals surface area contributed by atoms with Crippen molar-refractivity contribution in [2.75, 3.05) is 0 Å². The molecule has 6 nitrogen and oxygen atoms in total. The van der Waals surface area contributed by atoms with Crippen molar-refractivity contribution in [1.82, 2.24) is 5.32 Å². The minimum absolute atomic E-state index is 0.111. The molecular formula is C13H24ClN3O3. The molecular weight excluding hydrogens is 282 g/mol. The van der Waals surface area contributed by atoms with Gasteiger partial charge >= 0.3 is 0 Å². The zero-order valence-electron chi connectivity index (χ0n) is 12.4. The fourth-order valence-corrected chi connectivity index (χ4v) is 0.343. The molecule has 0 aromatic heterocycles. The lowest BCUT2D eigenvalue weighted by Gasteiger charge is -2.02. The van der Waals surface area contributed by atoms with Crippen molar-refractivity contribution in [3.8, 4) is 0 Å². The number of hydrogen-bond donors (Lipinski definition) is 3. The Labute approximate surface area is 125 Å². The fourth-order valence-electron chi connectivity index (χ4n) is 0.343. The van der Waals surface area contributed by atoms with E-state index in [2.05, 4.69) is 24.2 Å². The number of nitrogens with one attached hydrogen (secondary N) is 1. The second kappa shape index (κ2) is 13.6. The predicted molar refractivity (Wildman–Crippen MR) is 82.0 cm³/mol. The Kier molecular flexibility index (Phi) is 15.8. The van der Waals surface area contributed by atoms with Crippen LogP contribution in [0.3, 0.4) is 0 Å². The highest BCUT2D eigenvalue weighted by atomic mass is 35.5. The summed E-state index contributed by atoms with van der Waals surface area (Å²) in [6.45, 7) is 13.5. The third-order valence-corrected chi connectivity index (χ3v) is 1.64. The van der Waals surface area contributed by atoms with Gasteiger partial charge in [-0.1, -0.05) is 13.2 Å². The van der Waals surface area contributed by atoms with Crippen molar-refractivity contribution in [2.45, 2.75) is 39.1 Å². The quantitative estimate of drug-likeness (QED) is 0.528. The minimum Gasteiger partial charge on any atom is -0.368 e. The summed E-state index contributed by atoms with van der Waals surface area (Å²) in [5.74, 6) is -1.02. The second-order valence-corrected chi connectivity index (χ2v) is 4.69. The van der Waals surface area contributed by atoms with Gasteiger partial charge in [0, 0.05) is 11.6 Å². The highest BCUT2D eigenvalue weighted by Gasteiger charge is 1.99. The highest BCUT2D eigenvalue weighted by Crippen LogP contribution is 1.87. The van der Waals surface area contributed by atoms with Crippen molar-refractivity contribution in [3.63, 3.8) is 0 Å². The van der Waals surface area contributed by atoms with Crippen molar-refractivity contribution in [2.24, 2.45) is 11.5 Å². The SMILES string of the molecule is C=C(C)C(N)=O.C=CC(=O)NC(C)C.CC(Cl)C(N)=O. The van der Waals surface area contributed by atoms with E-state index in [4.69, 9.17) is 17.3 Å². The lowest BCUT2D eigenvalue weighted by molar-refractivity contribution is -0.118. The Morgan fingerprint density at radius 2 is 1.50 bits per heavy atom. The Morgan fingerprint density at radius 1 is 1.20 bits per heavy atom. The summed E-state index contributed by atoms with van der Waals surface area (Å²) in [7, 11) is 0. The first-order valence-electron chi connectivity index (χ1n) is 5.77. The molecule has 3 amide bonds. The molecule has 116 valence electrons. The molecule has 0 bridgehead atoms. The summed E-state index contributed by atoms with van der Waals surface area (Å²) in [4.78, 5) is 30.0. The topological polar surface area (TPSA) is 115 Å². The molecule has 0 aliphatic heterocycles. The zero-order valence-corrected chi connectivity index (χ0v) is 13.2. The number of rotatable bonds is 4. The molecule has 1 atom stereocenters. The predicted octanol–water partition coefficient (Wildman–Crippen LogP) is 0.844. The number of carbonyl (C=O) groups excluding carboxylic acids is 3. The van der Waals surface area contributed by atoms with Gasteiger partial charge < -0.3 is 16.8 Å². The minimum atomic E-state index is -0.537. The average Bonchev–Trinajstić information content (AvgIpc) is 2.29. The maximum atomic E-state index is 10.4.